The van der Waals surface area contributed by atoms with E-state index in [2.05, 4.69) is 4.98 Å². The van der Waals surface area contributed by atoms with Crippen LogP contribution in [0.25, 0.3) is 0 Å². The van der Waals surface area contributed by atoms with Crippen LogP contribution in [0.2, 0.25) is 0 Å². The fraction of sp³-hybridized carbons (Fsp3) is 0.267. The molecule has 1 unspecified atom stereocenters. The molecule has 2 rings (SSSR count). The first-order valence-electron chi connectivity index (χ1n) is 6.05. The van der Waals surface area contributed by atoms with E-state index in [1.54, 1.807) is 13.2 Å². The minimum Gasteiger partial charge on any atom is -0.496 e. The number of nitrogens with zero attached hydrogens (tertiary/aromatic N) is 1. The molecule has 19 heavy (non-hydrogen) atoms. The van der Waals surface area contributed by atoms with Crippen LogP contribution in [0, 0.1) is 19.7 Å². The van der Waals surface area contributed by atoms with Crippen molar-refractivity contribution in [3.63, 3.8) is 0 Å². The van der Waals surface area contributed by atoms with Gasteiger partial charge in [-0.2, -0.15) is 0 Å². The molecule has 1 aromatic heterocycles. The molecular weight excluding hydrogens is 243 g/mol. The van der Waals surface area contributed by atoms with E-state index < -0.39 is 6.04 Å². The van der Waals surface area contributed by atoms with Gasteiger partial charge in [-0.15, -0.1) is 0 Å². The van der Waals surface area contributed by atoms with Gasteiger partial charge in [0, 0.05) is 17.0 Å². The molecule has 0 saturated carbocycles. The first kappa shape index (κ1) is 13.5. The van der Waals surface area contributed by atoms with Gasteiger partial charge in [0.05, 0.1) is 13.2 Å². The molecule has 1 atom stereocenters. The molecule has 0 amide bonds. The number of benzene rings is 1. The van der Waals surface area contributed by atoms with Gasteiger partial charge in [-0.05, 0) is 49.7 Å². The van der Waals surface area contributed by atoms with E-state index in [0.717, 1.165) is 17.0 Å². The van der Waals surface area contributed by atoms with Crippen molar-refractivity contribution >= 4 is 0 Å². The van der Waals surface area contributed by atoms with Crippen LogP contribution in [0.15, 0.2) is 30.3 Å². The maximum absolute atomic E-state index is 13.4. The van der Waals surface area contributed by atoms with Gasteiger partial charge < -0.3 is 10.5 Å². The van der Waals surface area contributed by atoms with E-state index in [1.165, 1.54) is 12.1 Å². The summed E-state index contributed by atoms with van der Waals surface area (Å²) in [4.78, 5) is 4.31. The van der Waals surface area contributed by atoms with Gasteiger partial charge in [0.2, 0.25) is 0 Å². The van der Waals surface area contributed by atoms with E-state index in [-0.39, 0.29) is 5.82 Å². The lowest BCUT2D eigenvalue weighted by Crippen LogP contribution is -2.14. The lowest BCUT2D eigenvalue weighted by atomic mass is 9.98. The minimum absolute atomic E-state index is 0.325. The third-order valence-corrected chi connectivity index (χ3v) is 2.99. The van der Waals surface area contributed by atoms with Crippen molar-refractivity contribution in [1.82, 2.24) is 4.98 Å². The van der Waals surface area contributed by atoms with Crippen molar-refractivity contribution in [2.24, 2.45) is 5.73 Å². The van der Waals surface area contributed by atoms with Gasteiger partial charge in [-0.1, -0.05) is 0 Å². The average molecular weight is 260 g/mol. The molecule has 0 aliphatic heterocycles. The van der Waals surface area contributed by atoms with E-state index in [4.69, 9.17) is 10.5 Å². The van der Waals surface area contributed by atoms with Crippen LogP contribution in [-0.4, -0.2) is 12.1 Å². The number of methoxy groups -OCH3 is 1. The summed E-state index contributed by atoms with van der Waals surface area (Å²) in [5.41, 5.74) is 9.53. The summed E-state index contributed by atoms with van der Waals surface area (Å²) < 4.78 is 18.6. The van der Waals surface area contributed by atoms with Crippen LogP contribution < -0.4 is 10.5 Å². The van der Waals surface area contributed by atoms with Crippen LogP contribution in [-0.2, 0) is 0 Å². The summed E-state index contributed by atoms with van der Waals surface area (Å²) in [5, 5.41) is 0. The Morgan fingerprint density at radius 1 is 1.16 bits per heavy atom. The molecular formula is C15H17FN2O. The van der Waals surface area contributed by atoms with Gasteiger partial charge >= 0.3 is 0 Å². The minimum atomic E-state index is -0.439. The van der Waals surface area contributed by atoms with Gasteiger partial charge in [-0.3, -0.25) is 4.98 Å². The SMILES string of the molecule is COc1ccc(F)cc1C(N)c1cc(C)nc(C)c1. The zero-order valence-electron chi connectivity index (χ0n) is 11.3. The number of pyridine rings is 1. The number of hydrogen-bond donors (Lipinski definition) is 1. The first-order valence-corrected chi connectivity index (χ1v) is 6.05. The molecule has 0 saturated heterocycles. The van der Waals surface area contributed by atoms with Crippen LogP contribution in [0.4, 0.5) is 4.39 Å². The quantitative estimate of drug-likeness (QED) is 0.923. The number of rotatable bonds is 3. The van der Waals surface area contributed by atoms with Crippen LogP contribution in [0.3, 0.4) is 0 Å². The monoisotopic (exact) mass is 260 g/mol. The maximum atomic E-state index is 13.4. The standard InChI is InChI=1S/C15H17FN2O/c1-9-6-11(7-10(2)18-9)15(17)13-8-12(16)4-5-14(13)19-3/h4-8,15H,17H2,1-3H3. The summed E-state index contributed by atoms with van der Waals surface area (Å²) in [6.45, 7) is 3.82. The van der Waals surface area contributed by atoms with Gasteiger partial charge in [0.15, 0.2) is 0 Å². The van der Waals surface area contributed by atoms with Gasteiger partial charge in [-0.25, -0.2) is 4.39 Å². The van der Waals surface area contributed by atoms with Crippen LogP contribution >= 0.6 is 0 Å². The third kappa shape index (κ3) is 2.90. The van der Waals surface area contributed by atoms with E-state index >= 15 is 0 Å². The summed E-state index contributed by atoms with van der Waals surface area (Å²) >= 11 is 0. The number of halogens is 1. The fourth-order valence-corrected chi connectivity index (χ4v) is 2.17. The number of hydrogen-bond acceptors (Lipinski definition) is 3. The van der Waals surface area contributed by atoms with Crippen LogP contribution in [0.5, 0.6) is 5.75 Å². The van der Waals surface area contributed by atoms with Crippen molar-refractivity contribution in [3.05, 3.63) is 58.7 Å². The van der Waals surface area contributed by atoms with Crippen molar-refractivity contribution < 1.29 is 9.13 Å². The Bertz CT molecular complexity index is 578. The molecule has 3 nitrogen and oxygen atoms in total. The molecule has 0 radical (unpaired) electrons. The Hall–Kier alpha value is -1.94. The second-order valence-corrected chi connectivity index (χ2v) is 4.55. The largest absolute Gasteiger partial charge is 0.496 e. The Kier molecular flexibility index (Phi) is 3.81. The predicted octanol–water partition coefficient (Wildman–Crippen LogP) is 2.89. The normalized spacial score (nSPS) is 12.3. The highest BCUT2D eigenvalue weighted by atomic mass is 19.1. The summed E-state index contributed by atoms with van der Waals surface area (Å²) in [5.74, 6) is 0.259. The summed E-state index contributed by atoms with van der Waals surface area (Å²) in [6.07, 6.45) is 0. The second-order valence-electron chi connectivity index (χ2n) is 4.55. The van der Waals surface area contributed by atoms with Crippen molar-refractivity contribution in [2.45, 2.75) is 19.9 Å². The van der Waals surface area contributed by atoms with Crippen molar-refractivity contribution in [3.8, 4) is 5.75 Å². The molecule has 0 aliphatic carbocycles. The molecule has 0 spiro atoms. The molecule has 0 bridgehead atoms. The summed E-state index contributed by atoms with van der Waals surface area (Å²) in [6, 6.07) is 7.73. The summed E-state index contributed by atoms with van der Waals surface area (Å²) in [7, 11) is 1.55. The molecule has 2 N–H and O–H groups in total. The number of nitrogens with two attached hydrogens (primary N) is 1. The highest BCUT2D eigenvalue weighted by Gasteiger charge is 2.16. The zero-order valence-corrected chi connectivity index (χ0v) is 11.3. The molecule has 1 heterocycles. The fourth-order valence-electron chi connectivity index (χ4n) is 2.17. The Morgan fingerprint density at radius 3 is 2.37 bits per heavy atom. The molecule has 4 heteroatoms. The second kappa shape index (κ2) is 5.36. The van der Waals surface area contributed by atoms with Crippen molar-refractivity contribution in [2.75, 3.05) is 7.11 Å². The average Bonchev–Trinajstić information content (AvgIpc) is 2.36. The number of ether oxygens (including phenoxy) is 1. The molecule has 2 aromatic rings. The number of aryl methyl sites for hydroxylation is 2. The first-order chi connectivity index (χ1) is 9.01. The van der Waals surface area contributed by atoms with E-state index in [9.17, 15) is 4.39 Å². The number of aromatic nitrogens is 1. The smallest absolute Gasteiger partial charge is 0.124 e. The molecule has 0 aliphatic rings. The third-order valence-electron chi connectivity index (χ3n) is 2.99. The highest BCUT2D eigenvalue weighted by molar-refractivity contribution is 5.42. The zero-order chi connectivity index (χ0) is 14.0. The Balaban J connectivity index is 2.48. The predicted molar refractivity (Wildman–Crippen MR) is 72.7 cm³/mol. The lowest BCUT2D eigenvalue weighted by Gasteiger charge is -2.17. The molecule has 100 valence electrons. The van der Waals surface area contributed by atoms with E-state index in [0.29, 0.717) is 11.3 Å². The molecule has 0 fully saturated rings. The van der Waals surface area contributed by atoms with Gasteiger partial charge in [0.1, 0.15) is 11.6 Å². The van der Waals surface area contributed by atoms with Crippen LogP contribution in [0.1, 0.15) is 28.6 Å². The molecule has 1 aromatic carbocycles. The topological polar surface area (TPSA) is 48.1 Å². The Morgan fingerprint density at radius 2 is 1.79 bits per heavy atom. The van der Waals surface area contributed by atoms with Crippen molar-refractivity contribution in [1.29, 1.82) is 0 Å². The maximum Gasteiger partial charge on any atom is 0.124 e. The lowest BCUT2D eigenvalue weighted by molar-refractivity contribution is 0.406. The van der Waals surface area contributed by atoms with E-state index in [1.807, 2.05) is 26.0 Å². The highest BCUT2D eigenvalue weighted by Crippen LogP contribution is 2.29. The van der Waals surface area contributed by atoms with Gasteiger partial charge in [0.25, 0.3) is 0 Å². The Labute approximate surface area is 112 Å².